The van der Waals surface area contributed by atoms with Gasteiger partial charge in [0.2, 0.25) is 0 Å². The van der Waals surface area contributed by atoms with E-state index < -0.39 is 0 Å². The van der Waals surface area contributed by atoms with E-state index in [1.807, 2.05) is 51.1 Å². The normalized spacial score (nSPS) is 10.3. The molecule has 0 aliphatic heterocycles. The highest BCUT2D eigenvalue weighted by molar-refractivity contribution is 5.79. The Morgan fingerprint density at radius 1 is 1.13 bits per heavy atom. The molecule has 3 rings (SSSR count). The van der Waals surface area contributed by atoms with Crippen LogP contribution in [0.15, 0.2) is 47.3 Å². The number of hydrogen-bond acceptors (Lipinski definition) is 2. The van der Waals surface area contributed by atoms with Gasteiger partial charge in [-0.1, -0.05) is 39.0 Å². The Morgan fingerprint density at radius 3 is 2.39 bits per heavy atom. The van der Waals surface area contributed by atoms with Crippen LogP contribution in [0.4, 0.5) is 4.39 Å². The first-order valence-corrected chi connectivity index (χ1v) is 7.89. The minimum Gasteiger partial charge on any atom is -0.268 e. The zero-order valence-electron chi connectivity index (χ0n) is 13.9. The van der Waals surface area contributed by atoms with Crippen molar-refractivity contribution in [2.45, 2.75) is 34.1 Å². The first kappa shape index (κ1) is 16.9. The standard InChI is InChI=1S/C17H15FN2O.C2H6/c1-3-16-19-15-10-14(18)11(2)9-13(15)17(21)20(16)12-7-5-4-6-8-12;1-2/h4-10H,3H2,1-2H3;1-2H3. The Balaban J connectivity index is 0.000000924. The van der Waals surface area contributed by atoms with Crippen molar-refractivity contribution in [1.82, 2.24) is 9.55 Å². The summed E-state index contributed by atoms with van der Waals surface area (Å²) in [6.07, 6.45) is 0.593. The van der Waals surface area contributed by atoms with Gasteiger partial charge in [-0.3, -0.25) is 9.36 Å². The summed E-state index contributed by atoms with van der Waals surface area (Å²) >= 11 is 0. The molecule has 0 aliphatic rings. The first-order chi connectivity index (χ1) is 11.1. The fourth-order valence-electron chi connectivity index (χ4n) is 2.44. The van der Waals surface area contributed by atoms with Gasteiger partial charge in [0.25, 0.3) is 5.56 Å². The maximum Gasteiger partial charge on any atom is 0.265 e. The van der Waals surface area contributed by atoms with E-state index in [1.165, 1.54) is 6.07 Å². The highest BCUT2D eigenvalue weighted by Crippen LogP contribution is 2.17. The molecule has 0 saturated heterocycles. The lowest BCUT2D eigenvalue weighted by atomic mass is 10.1. The summed E-state index contributed by atoms with van der Waals surface area (Å²) in [6.45, 7) is 7.58. The van der Waals surface area contributed by atoms with Crippen molar-refractivity contribution in [2.24, 2.45) is 0 Å². The molecule has 0 radical (unpaired) electrons. The van der Waals surface area contributed by atoms with Crippen LogP contribution in [0.1, 0.15) is 32.2 Å². The molecule has 0 saturated carbocycles. The number of para-hydroxylation sites is 1. The minimum atomic E-state index is -0.339. The highest BCUT2D eigenvalue weighted by Gasteiger charge is 2.13. The summed E-state index contributed by atoms with van der Waals surface area (Å²) in [5.74, 6) is 0.288. The van der Waals surface area contributed by atoms with Crippen LogP contribution in [0.3, 0.4) is 0 Å². The molecule has 2 aromatic carbocycles. The number of hydrogen-bond donors (Lipinski definition) is 0. The van der Waals surface area contributed by atoms with Gasteiger partial charge in [-0.2, -0.15) is 0 Å². The second kappa shape index (κ2) is 7.18. The number of halogens is 1. The topological polar surface area (TPSA) is 34.9 Å². The summed E-state index contributed by atoms with van der Waals surface area (Å²) in [6, 6.07) is 12.3. The maximum atomic E-state index is 13.7. The Bertz CT molecular complexity index is 870. The average molecular weight is 312 g/mol. The van der Waals surface area contributed by atoms with Crippen molar-refractivity contribution in [2.75, 3.05) is 0 Å². The number of aromatic nitrogens is 2. The van der Waals surface area contributed by atoms with Crippen molar-refractivity contribution in [3.05, 3.63) is 70.0 Å². The quantitative estimate of drug-likeness (QED) is 0.702. The predicted molar refractivity (Wildman–Crippen MR) is 92.8 cm³/mol. The molecule has 0 aliphatic carbocycles. The molecule has 0 unspecified atom stereocenters. The van der Waals surface area contributed by atoms with Gasteiger partial charge >= 0.3 is 0 Å². The zero-order valence-corrected chi connectivity index (χ0v) is 13.9. The SMILES string of the molecule is CC.CCc1nc2cc(F)c(C)cc2c(=O)n1-c1ccccc1. The molecule has 3 aromatic rings. The molecule has 23 heavy (non-hydrogen) atoms. The summed E-state index contributed by atoms with van der Waals surface area (Å²) in [4.78, 5) is 17.2. The number of fused-ring (bicyclic) bond motifs is 1. The third kappa shape index (κ3) is 3.16. The van der Waals surface area contributed by atoms with Gasteiger partial charge in [-0.25, -0.2) is 9.37 Å². The van der Waals surface area contributed by atoms with Gasteiger partial charge in [0, 0.05) is 12.5 Å². The van der Waals surface area contributed by atoms with E-state index in [9.17, 15) is 9.18 Å². The van der Waals surface area contributed by atoms with Crippen molar-refractivity contribution >= 4 is 10.9 Å². The van der Waals surface area contributed by atoms with Crippen LogP contribution < -0.4 is 5.56 Å². The first-order valence-electron chi connectivity index (χ1n) is 7.89. The van der Waals surface area contributed by atoms with Gasteiger partial charge < -0.3 is 0 Å². The molecular formula is C19H21FN2O. The van der Waals surface area contributed by atoms with E-state index in [0.717, 1.165) is 5.69 Å². The molecule has 0 bridgehead atoms. The van der Waals surface area contributed by atoms with Crippen molar-refractivity contribution < 1.29 is 4.39 Å². The van der Waals surface area contributed by atoms with Crippen LogP contribution in [0.2, 0.25) is 0 Å². The summed E-state index contributed by atoms with van der Waals surface area (Å²) in [7, 11) is 0. The van der Waals surface area contributed by atoms with E-state index in [-0.39, 0.29) is 11.4 Å². The monoisotopic (exact) mass is 312 g/mol. The Labute approximate surface area is 135 Å². The summed E-state index contributed by atoms with van der Waals surface area (Å²) in [5, 5.41) is 0.440. The Hall–Kier alpha value is -2.49. The molecule has 0 amide bonds. The largest absolute Gasteiger partial charge is 0.268 e. The Kier molecular flexibility index (Phi) is 5.27. The highest BCUT2D eigenvalue weighted by atomic mass is 19.1. The van der Waals surface area contributed by atoms with Gasteiger partial charge in [-0.15, -0.1) is 0 Å². The lowest BCUT2D eigenvalue weighted by Crippen LogP contribution is -2.23. The van der Waals surface area contributed by atoms with E-state index in [0.29, 0.717) is 28.7 Å². The predicted octanol–water partition coefficient (Wildman–Crippen LogP) is 4.42. The molecule has 0 fully saturated rings. The fraction of sp³-hybridized carbons (Fsp3) is 0.263. The molecule has 0 spiro atoms. The van der Waals surface area contributed by atoms with Crippen molar-refractivity contribution in [3.63, 3.8) is 0 Å². The van der Waals surface area contributed by atoms with Crippen molar-refractivity contribution in [3.8, 4) is 5.69 Å². The van der Waals surface area contributed by atoms with Gasteiger partial charge in [0.05, 0.1) is 16.6 Å². The van der Waals surface area contributed by atoms with Gasteiger partial charge in [0.15, 0.2) is 0 Å². The molecule has 1 heterocycles. The third-order valence-corrected chi connectivity index (χ3v) is 3.55. The molecule has 0 N–H and O–H groups in total. The second-order valence-corrected chi connectivity index (χ2v) is 4.98. The van der Waals surface area contributed by atoms with E-state index in [4.69, 9.17) is 0 Å². The fourth-order valence-corrected chi connectivity index (χ4v) is 2.44. The van der Waals surface area contributed by atoms with E-state index in [2.05, 4.69) is 4.98 Å². The van der Waals surface area contributed by atoms with Crippen LogP contribution in [-0.2, 0) is 6.42 Å². The second-order valence-electron chi connectivity index (χ2n) is 4.98. The van der Waals surface area contributed by atoms with E-state index >= 15 is 0 Å². The van der Waals surface area contributed by atoms with Crippen molar-refractivity contribution in [1.29, 1.82) is 0 Å². The van der Waals surface area contributed by atoms with Crippen LogP contribution in [-0.4, -0.2) is 9.55 Å². The number of benzene rings is 2. The van der Waals surface area contributed by atoms with Gasteiger partial charge in [-0.05, 0) is 30.7 Å². The average Bonchev–Trinajstić information content (AvgIpc) is 2.59. The number of aryl methyl sites for hydroxylation is 2. The molecule has 120 valence electrons. The maximum absolute atomic E-state index is 13.7. The smallest absolute Gasteiger partial charge is 0.265 e. The van der Waals surface area contributed by atoms with Crippen LogP contribution in [0, 0.1) is 12.7 Å². The van der Waals surface area contributed by atoms with Crippen LogP contribution >= 0.6 is 0 Å². The van der Waals surface area contributed by atoms with E-state index in [1.54, 1.807) is 17.6 Å². The summed E-state index contributed by atoms with van der Waals surface area (Å²) < 4.78 is 15.3. The number of rotatable bonds is 2. The molecule has 0 atom stereocenters. The third-order valence-electron chi connectivity index (χ3n) is 3.55. The molecular weight excluding hydrogens is 291 g/mol. The van der Waals surface area contributed by atoms with Gasteiger partial charge in [0.1, 0.15) is 11.6 Å². The lowest BCUT2D eigenvalue weighted by Gasteiger charge is -2.12. The molecule has 4 heteroatoms. The van der Waals surface area contributed by atoms with Crippen LogP contribution in [0.25, 0.3) is 16.6 Å². The molecule has 3 nitrogen and oxygen atoms in total. The zero-order chi connectivity index (χ0) is 17.0. The van der Waals surface area contributed by atoms with Crippen LogP contribution in [0.5, 0.6) is 0 Å². The summed E-state index contributed by atoms with van der Waals surface area (Å²) in [5.41, 5.74) is 1.47. The number of nitrogens with zero attached hydrogens (tertiary/aromatic N) is 2. The lowest BCUT2D eigenvalue weighted by molar-refractivity contribution is 0.620. The molecule has 1 aromatic heterocycles. The Morgan fingerprint density at radius 2 is 1.78 bits per heavy atom. The minimum absolute atomic E-state index is 0.161.